The molecule has 0 atom stereocenters. The monoisotopic (exact) mass is 416 g/mol. The molecule has 2 aromatic rings. The lowest BCUT2D eigenvalue weighted by Gasteiger charge is -2.17. The van der Waals surface area contributed by atoms with Gasteiger partial charge < -0.3 is 0 Å². The van der Waals surface area contributed by atoms with E-state index in [9.17, 15) is 30.4 Å². The number of carbonyl (C=O) groups is 1. The maximum atomic E-state index is 13.3. The molecule has 144 valence electrons. The number of nitrogens with zero attached hydrogens (tertiary/aromatic N) is 1. The van der Waals surface area contributed by atoms with E-state index in [1.54, 1.807) is 0 Å². The summed E-state index contributed by atoms with van der Waals surface area (Å²) in [5.41, 5.74) is -0.106. The summed E-state index contributed by atoms with van der Waals surface area (Å²) in [7, 11) is -7.97. The molecule has 0 aliphatic carbocycles. The number of anilines is 2. The third kappa shape index (κ3) is 3.78. The molecule has 0 unspecified atom stereocenters. The zero-order valence-corrected chi connectivity index (χ0v) is 15.6. The summed E-state index contributed by atoms with van der Waals surface area (Å²) in [5, 5.41) is 0. The van der Waals surface area contributed by atoms with Gasteiger partial charge in [-0.3, -0.25) is 9.52 Å². The largest absolute Gasteiger partial charge is 0.279 e. The van der Waals surface area contributed by atoms with Gasteiger partial charge in [-0.1, -0.05) is 0 Å². The number of hydrogen-bond acceptors (Lipinski definition) is 5. The number of benzene rings is 2. The van der Waals surface area contributed by atoms with Gasteiger partial charge in [0.15, 0.2) is 0 Å². The van der Waals surface area contributed by atoms with Crippen molar-refractivity contribution in [2.75, 3.05) is 14.8 Å². The number of carbonyl (C=O) groups excluding carboxylic acids is 1. The number of halogens is 2. The molecule has 0 saturated carbocycles. The van der Waals surface area contributed by atoms with Crippen LogP contribution in [0.5, 0.6) is 0 Å². The topological polar surface area (TPSA) is 101 Å². The van der Waals surface area contributed by atoms with Crippen molar-refractivity contribution in [1.29, 1.82) is 0 Å². The minimum absolute atomic E-state index is 0.0331. The van der Waals surface area contributed by atoms with Gasteiger partial charge in [0.05, 0.1) is 22.0 Å². The van der Waals surface area contributed by atoms with E-state index in [0.29, 0.717) is 10.4 Å². The average Bonchev–Trinajstić information content (AvgIpc) is 2.78. The van der Waals surface area contributed by atoms with Crippen LogP contribution in [0.3, 0.4) is 0 Å². The molecule has 3 rings (SSSR count). The molecule has 1 N–H and O–H groups in total. The highest BCUT2D eigenvalue weighted by Crippen LogP contribution is 2.29. The molecule has 11 heteroatoms. The van der Waals surface area contributed by atoms with E-state index >= 15 is 0 Å². The number of rotatable bonds is 4. The molecule has 1 aliphatic rings. The Morgan fingerprint density at radius 1 is 1.07 bits per heavy atom. The van der Waals surface area contributed by atoms with E-state index in [1.165, 1.54) is 19.1 Å². The molecule has 1 fully saturated rings. The van der Waals surface area contributed by atoms with Crippen molar-refractivity contribution in [1.82, 2.24) is 0 Å². The van der Waals surface area contributed by atoms with Crippen LogP contribution in [-0.4, -0.2) is 28.5 Å². The molecule has 2 aromatic carbocycles. The van der Waals surface area contributed by atoms with E-state index in [4.69, 9.17) is 0 Å². The van der Waals surface area contributed by atoms with Crippen LogP contribution in [0.2, 0.25) is 0 Å². The maximum absolute atomic E-state index is 13.3. The zero-order chi connectivity index (χ0) is 20.0. The Hall–Kier alpha value is -2.53. The summed E-state index contributed by atoms with van der Waals surface area (Å²) in [6.45, 7) is 1.41. The smallest absolute Gasteiger partial charge is 0.262 e. The molecule has 0 radical (unpaired) electrons. The summed E-state index contributed by atoms with van der Waals surface area (Å²) in [4.78, 5) is 11.6. The Balaban J connectivity index is 1.96. The van der Waals surface area contributed by atoms with Crippen LogP contribution in [-0.2, 0) is 24.8 Å². The lowest BCUT2D eigenvalue weighted by Crippen LogP contribution is -2.29. The fourth-order valence-corrected chi connectivity index (χ4v) is 5.47. The lowest BCUT2D eigenvalue weighted by atomic mass is 10.2. The maximum Gasteiger partial charge on any atom is 0.262 e. The molecule has 0 aromatic heterocycles. The van der Waals surface area contributed by atoms with Crippen LogP contribution in [0.25, 0.3) is 0 Å². The normalized spacial score (nSPS) is 16.6. The predicted octanol–water partition coefficient (Wildman–Crippen LogP) is 2.14. The van der Waals surface area contributed by atoms with Gasteiger partial charge in [-0.15, -0.1) is 0 Å². The van der Waals surface area contributed by atoms with Crippen molar-refractivity contribution in [3.8, 4) is 0 Å². The predicted molar refractivity (Wildman–Crippen MR) is 94.2 cm³/mol. The average molecular weight is 416 g/mol. The van der Waals surface area contributed by atoms with E-state index in [1.807, 2.05) is 0 Å². The minimum Gasteiger partial charge on any atom is -0.279 e. The van der Waals surface area contributed by atoms with Gasteiger partial charge in [-0.2, -0.15) is 0 Å². The van der Waals surface area contributed by atoms with E-state index < -0.39 is 37.6 Å². The van der Waals surface area contributed by atoms with E-state index in [2.05, 4.69) is 4.72 Å². The first-order valence-corrected chi connectivity index (χ1v) is 10.7. The molecule has 1 saturated heterocycles. The van der Waals surface area contributed by atoms with Gasteiger partial charge in [0.1, 0.15) is 11.6 Å². The van der Waals surface area contributed by atoms with E-state index in [0.717, 1.165) is 18.2 Å². The first-order valence-electron chi connectivity index (χ1n) is 7.65. The van der Waals surface area contributed by atoms with Crippen molar-refractivity contribution < 1.29 is 30.4 Å². The summed E-state index contributed by atoms with van der Waals surface area (Å²) in [6, 6.07) is 5.81. The number of nitrogens with one attached hydrogen (secondary N) is 1. The number of sulfonamides is 2. The van der Waals surface area contributed by atoms with Crippen molar-refractivity contribution in [3.05, 3.63) is 53.6 Å². The van der Waals surface area contributed by atoms with Crippen molar-refractivity contribution in [2.24, 2.45) is 0 Å². The number of amides is 1. The van der Waals surface area contributed by atoms with Gasteiger partial charge >= 0.3 is 0 Å². The second-order valence-corrected chi connectivity index (χ2v) is 9.53. The number of aryl methyl sites for hydroxylation is 1. The molecule has 0 bridgehead atoms. The van der Waals surface area contributed by atoms with Crippen LogP contribution in [0, 0.1) is 18.6 Å². The third-order valence-electron chi connectivity index (χ3n) is 3.88. The Labute approximate surface area is 154 Å². The SMILES string of the molecule is Cc1cc(N2C(=O)CCS2(=O)=O)ccc1S(=O)(=O)Nc1cc(F)cc(F)c1. The Morgan fingerprint density at radius 2 is 1.70 bits per heavy atom. The third-order valence-corrected chi connectivity index (χ3v) is 7.11. The molecular formula is C16H14F2N2O5S2. The van der Waals surface area contributed by atoms with Crippen molar-refractivity contribution in [3.63, 3.8) is 0 Å². The van der Waals surface area contributed by atoms with Crippen molar-refractivity contribution >= 4 is 37.3 Å². The standard InChI is InChI=1S/C16H14F2N2O5S2/c1-10-6-14(20-16(21)4-5-26(20,22)23)2-3-15(10)27(24,25)19-13-8-11(17)7-12(18)9-13/h2-3,6-9,19H,4-5H2,1H3. The van der Waals surface area contributed by atoms with E-state index in [-0.39, 0.29) is 34.0 Å². The van der Waals surface area contributed by atoms with Gasteiger partial charge in [0.2, 0.25) is 15.9 Å². The Bertz CT molecular complexity index is 1130. The summed E-state index contributed by atoms with van der Waals surface area (Å²) < 4.78 is 78.2. The minimum atomic E-state index is -4.20. The highest BCUT2D eigenvalue weighted by atomic mass is 32.2. The number of hydrogen-bond donors (Lipinski definition) is 1. The molecule has 0 spiro atoms. The summed E-state index contributed by atoms with van der Waals surface area (Å²) >= 11 is 0. The fourth-order valence-electron chi connectivity index (χ4n) is 2.75. The fraction of sp³-hybridized carbons (Fsp3) is 0.188. The first kappa shape index (κ1) is 19.2. The summed E-state index contributed by atoms with van der Waals surface area (Å²) in [5.74, 6) is -2.80. The first-order chi connectivity index (χ1) is 12.5. The Morgan fingerprint density at radius 3 is 2.22 bits per heavy atom. The molecular weight excluding hydrogens is 402 g/mol. The van der Waals surface area contributed by atoms with Gasteiger partial charge in [-0.25, -0.2) is 29.9 Å². The molecule has 1 aliphatic heterocycles. The molecule has 1 heterocycles. The zero-order valence-electron chi connectivity index (χ0n) is 13.9. The van der Waals surface area contributed by atoms with Crippen LogP contribution in [0.1, 0.15) is 12.0 Å². The Kier molecular flexibility index (Phi) is 4.68. The van der Waals surface area contributed by atoms with Gasteiger partial charge in [0, 0.05) is 12.5 Å². The highest BCUT2D eigenvalue weighted by Gasteiger charge is 2.36. The van der Waals surface area contributed by atoms with Gasteiger partial charge in [-0.05, 0) is 42.8 Å². The lowest BCUT2D eigenvalue weighted by molar-refractivity contribution is -0.116. The molecule has 1 amide bonds. The van der Waals surface area contributed by atoms with Crippen molar-refractivity contribution in [2.45, 2.75) is 18.2 Å². The van der Waals surface area contributed by atoms with Crippen LogP contribution in [0.4, 0.5) is 20.2 Å². The quantitative estimate of drug-likeness (QED) is 0.823. The molecule has 7 nitrogen and oxygen atoms in total. The van der Waals surface area contributed by atoms with Crippen LogP contribution < -0.4 is 9.03 Å². The second-order valence-electron chi connectivity index (χ2n) is 5.94. The summed E-state index contributed by atoms with van der Waals surface area (Å²) in [6.07, 6.45) is -0.145. The van der Waals surface area contributed by atoms with Gasteiger partial charge in [0.25, 0.3) is 10.0 Å². The van der Waals surface area contributed by atoms with Crippen LogP contribution in [0.15, 0.2) is 41.3 Å². The highest BCUT2D eigenvalue weighted by molar-refractivity contribution is 7.94. The molecule has 27 heavy (non-hydrogen) atoms. The van der Waals surface area contributed by atoms with Crippen LogP contribution >= 0.6 is 0 Å². The second kappa shape index (κ2) is 6.57.